The van der Waals surface area contributed by atoms with Crippen LogP contribution in [0.1, 0.15) is 11.3 Å². The summed E-state index contributed by atoms with van der Waals surface area (Å²) in [4.78, 5) is 0.183. The van der Waals surface area contributed by atoms with Gasteiger partial charge in [-0.05, 0) is 19.1 Å². The minimum atomic E-state index is -3.64. The molecule has 0 saturated carbocycles. The fraction of sp³-hybridized carbons (Fsp3) is 0.308. The van der Waals surface area contributed by atoms with Crippen molar-refractivity contribution in [1.82, 2.24) is 22.8 Å². The molecule has 116 valence electrons. The van der Waals surface area contributed by atoms with E-state index in [0.717, 1.165) is 23.0 Å². The SMILES string of the molecule is Cc1nn(C)cc1CN(C)S(=O)(=O)c1cccc2nsnc12. The van der Waals surface area contributed by atoms with Crippen molar-refractivity contribution in [2.75, 3.05) is 7.05 Å². The first-order chi connectivity index (χ1) is 10.4. The molecule has 9 heteroatoms. The van der Waals surface area contributed by atoms with Crippen LogP contribution >= 0.6 is 11.7 Å². The van der Waals surface area contributed by atoms with E-state index in [9.17, 15) is 8.42 Å². The highest BCUT2D eigenvalue weighted by Crippen LogP contribution is 2.24. The van der Waals surface area contributed by atoms with Crippen LogP contribution < -0.4 is 0 Å². The average Bonchev–Trinajstić information content (AvgIpc) is 3.04. The molecule has 0 aliphatic carbocycles. The van der Waals surface area contributed by atoms with Gasteiger partial charge in [-0.2, -0.15) is 18.2 Å². The van der Waals surface area contributed by atoms with Gasteiger partial charge >= 0.3 is 0 Å². The van der Waals surface area contributed by atoms with E-state index in [2.05, 4.69) is 13.8 Å². The van der Waals surface area contributed by atoms with Crippen molar-refractivity contribution in [3.8, 4) is 0 Å². The van der Waals surface area contributed by atoms with Gasteiger partial charge in [-0.25, -0.2) is 8.42 Å². The molecule has 0 bridgehead atoms. The van der Waals surface area contributed by atoms with Crippen molar-refractivity contribution in [2.24, 2.45) is 7.05 Å². The van der Waals surface area contributed by atoms with Crippen LogP contribution in [0, 0.1) is 6.92 Å². The van der Waals surface area contributed by atoms with E-state index in [1.165, 1.54) is 4.31 Å². The molecule has 3 rings (SSSR count). The highest BCUT2D eigenvalue weighted by molar-refractivity contribution is 7.89. The molecule has 0 aliphatic rings. The summed E-state index contributed by atoms with van der Waals surface area (Å²) in [6.45, 7) is 2.12. The normalized spacial score (nSPS) is 12.4. The molecule has 3 aromatic rings. The van der Waals surface area contributed by atoms with E-state index in [4.69, 9.17) is 0 Å². The minimum absolute atomic E-state index is 0.183. The van der Waals surface area contributed by atoms with Gasteiger partial charge < -0.3 is 0 Å². The number of aromatic nitrogens is 4. The summed E-state index contributed by atoms with van der Waals surface area (Å²) in [5.74, 6) is 0. The summed E-state index contributed by atoms with van der Waals surface area (Å²) in [6, 6.07) is 4.99. The van der Waals surface area contributed by atoms with E-state index < -0.39 is 10.0 Å². The summed E-state index contributed by atoms with van der Waals surface area (Å²) in [5, 5.41) is 4.24. The van der Waals surface area contributed by atoms with Crippen LogP contribution in [0.3, 0.4) is 0 Å². The third kappa shape index (κ3) is 2.51. The second-order valence-electron chi connectivity index (χ2n) is 5.06. The quantitative estimate of drug-likeness (QED) is 0.721. The first-order valence-electron chi connectivity index (χ1n) is 6.56. The number of rotatable bonds is 4. The Bertz CT molecular complexity index is 929. The lowest BCUT2D eigenvalue weighted by atomic mass is 10.3. The van der Waals surface area contributed by atoms with Crippen molar-refractivity contribution in [1.29, 1.82) is 0 Å². The Balaban J connectivity index is 1.99. The first-order valence-corrected chi connectivity index (χ1v) is 8.73. The molecular formula is C13H15N5O2S2. The van der Waals surface area contributed by atoms with Crippen LogP contribution in [-0.4, -0.2) is 38.3 Å². The Morgan fingerprint density at radius 3 is 2.77 bits per heavy atom. The van der Waals surface area contributed by atoms with Crippen molar-refractivity contribution >= 4 is 32.8 Å². The predicted octanol–water partition coefficient (Wildman–Crippen LogP) is 1.55. The van der Waals surface area contributed by atoms with Crippen LogP contribution in [0.2, 0.25) is 0 Å². The largest absolute Gasteiger partial charge is 0.275 e. The van der Waals surface area contributed by atoms with Crippen LogP contribution in [-0.2, 0) is 23.6 Å². The van der Waals surface area contributed by atoms with Crippen LogP contribution in [0.15, 0.2) is 29.3 Å². The smallest absolute Gasteiger partial charge is 0.245 e. The molecule has 0 amide bonds. The van der Waals surface area contributed by atoms with Crippen LogP contribution in [0.5, 0.6) is 0 Å². The van der Waals surface area contributed by atoms with E-state index in [1.807, 2.05) is 20.2 Å². The third-order valence-corrected chi connectivity index (χ3v) is 5.82. The zero-order valence-corrected chi connectivity index (χ0v) is 14.0. The lowest BCUT2D eigenvalue weighted by Gasteiger charge is -2.16. The maximum Gasteiger partial charge on any atom is 0.245 e. The molecule has 0 N–H and O–H groups in total. The van der Waals surface area contributed by atoms with Gasteiger partial charge in [0.25, 0.3) is 0 Å². The predicted molar refractivity (Wildman–Crippen MR) is 84.0 cm³/mol. The Labute approximate surface area is 132 Å². The summed E-state index contributed by atoms with van der Waals surface area (Å²) < 4.78 is 36.8. The second kappa shape index (κ2) is 5.41. The van der Waals surface area contributed by atoms with Gasteiger partial charge in [-0.15, -0.1) is 0 Å². The van der Waals surface area contributed by atoms with Gasteiger partial charge in [0.2, 0.25) is 10.0 Å². The second-order valence-corrected chi connectivity index (χ2v) is 7.60. The topological polar surface area (TPSA) is 81.0 Å². The van der Waals surface area contributed by atoms with Crippen molar-refractivity contribution in [2.45, 2.75) is 18.4 Å². The molecule has 0 unspecified atom stereocenters. The van der Waals surface area contributed by atoms with Crippen molar-refractivity contribution in [3.05, 3.63) is 35.7 Å². The monoisotopic (exact) mass is 337 g/mol. The van der Waals surface area contributed by atoms with Gasteiger partial charge in [0, 0.05) is 32.4 Å². The Morgan fingerprint density at radius 2 is 2.09 bits per heavy atom. The van der Waals surface area contributed by atoms with Gasteiger partial charge in [0.15, 0.2) is 0 Å². The summed E-state index contributed by atoms with van der Waals surface area (Å²) >= 11 is 1.01. The molecule has 0 fully saturated rings. The Kier molecular flexibility index (Phi) is 3.71. The van der Waals surface area contributed by atoms with Crippen LogP contribution in [0.25, 0.3) is 11.0 Å². The Morgan fingerprint density at radius 1 is 1.32 bits per heavy atom. The van der Waals surface area contributed by atoms with Crippen molar-refractivity contribution in [3.63, 3.8) is 0 Å². The van der Waals surface area contributed by atoms with E-state index in [1.54, 1.807) is 29.9 Å². The zero-order valence-electron chi connectivity index (χ0n) is 12.4. The van der Waals surface area contributed by atoms with Crippen molar-refractivity contribution < 1.29 is 8.42 Å². The van der Waals surface area contributed by atoms with E-state index in [0.29, 0.717) is 11.0 Å². The van der Waals surface area contributed by atoms with E-state index in [-0.39, 0.29) is 11.4 Å². The Hall–Kier alpha value is -1.84. The van der Waals surface area contributed by atoms with E-state index >= 15 is 0 Å². The summed E-state index contributed by atoms with van der Waals surface area (Å²) in [5.41, 5.74) is 2.70. The highest BCUT2D eigenvalue weighted by Gasteiger charge is 2.25. The fourth-order valence-corrected chi connectivity index (χ4v) is 4.18. The maximum atomic E-state index is 12.8. The molecule has 0 radical (unpaired) electrons. The molecular weight excluding hydrogens is 322 g/mol. The number of aryl methyl sites for hydroxylation is 2. The lowest BCUT2D eigenvalue weighted by molar-refractivity contribution is 0.466. The summed E-state index contributed by atoms with van der Waals surface area (Å²) in [7, 11) is -0.273. The number of fused-ring (bicyclic) bond motifs is 1. The third-order valence-electron chi connectivity index (χ3n) is 3.45. The molecule has 2 heterocycles. The molecule has 2 aromatic heterocycles. The van der Waals surface area contributed by atoms with Gasteiger partial charge in [-0.1, -0.05) is 6.07 Å². The number of sulfonamides is 1. The molecule has 0 spiro atoms. The standard InChI is InChI=1S/C13H15N5O2S2/c1-9-10(7-17(2)14-9)8-18(3)22(19,20)12-6-4-5-11-13(12)16-21-15-11/h4-7H,8H2,1-3H3. The molecule has 1 aromatic carbocycles. The summed E-state index contributed by atoms with van der Waals surface area (Å²) in [6.07, 6.45) is 1.83. The van der Waals surface area contributed by atoms with Gasteiger partial charge in [0.05, 0.1) is 17.4 Å². The number of hydrogen-bond acceptors (Lipinski definition) is 6. The highest BCUT2D eigenvalue weighted by atomic mass is 32.2. The number of nitrogens with zero attached hydrogens (tertiary/aromatic N) is 5. The molecule has 0 atom stereocenters. The van der Waals surface area contributed by atoms with Crippen LogP contribution in [0.4, 0.5) is 0 Å². The van der Waals surface area contributed by atoms with Gasteiger partial charge in [0.1, 0.15) is 15.9 Å². The number of benzene rings is 1. The molecule has 7 nitrogen and oxygen atoms in total. The molecule has 22 heavy (non-hydrogen) atoms. The lowest BCUT2D eigenvalue weighted by Crippen LogP contribution is -2.26. The average molecular weight is 337 g/mol. The zero-order chi connectivity index (χ0) is 15.9. The fourth-order valence-electron chi connectivity index (χ4n) is 2.29. The minimum Gasteiger partial charge on any atom is -0.275 e. The molecule has 0 saturated heterocycles. The molecule has 0 aliphatic heterocycles. The maximum absolute atomic E-state index is 12.8. The van der Waals surface area contributed by atoms with Gasteiger partial charge in [-0.3, -0.25) is 4.68 Å². The number of hydrogen-bond donors (Lipinski definition) is 0. The first kappa shape index (κ1) is 15.1.